The summed E-state index contributed by atoms with van der Waals surface area (Å²) in [5.74, 6) is -0.00592. The predicted molar refractivity (Wildman–Crippen MR) is 98.0 cm³/mol. The minimum atomic E-state index is -0.175. The van der Waals surface area contributed by atoms with Gasteiger partial charge in [0.2, 0.25) is 0 Å². The van der Waals surface area contributed by atoms with E-state index in [1.165, 1.54) is 10.7 Å². The van der Waals surface area contributed by atoms with Crippen LogP contribution in [0.25, 0.3) is 27.1 Å². The average Bonchev–Trinajstić information content (AvgIpc) is 3.15. The number of aromatic nitrogens is 4. The van der Waals surface area contributed by atoms with Crippen LogP contribution in [0.4, 0.5) is 0 Å². The Hall–Kier alpha value is -2.98. The minimum absolute atomic E-state index is 0.00592. The SMILES string of the molecule is Cc1nc2cc(-c3nc4c(C#N)c[nH]n4c(=O)c3C(C)C)ccc2s1. The molecule has 0 aliphatic carbocycles. The zero-order valence-corrected chi connectivity index (χ0v) is 14.8. The van der Waals surface area contributed by atoms with Crippen molar-refractivity contribution in [2.75, 3.05) is 0 Å². The van der Waals surface area contributed by atoms with Crippen molar-refractivity contribution >= 4 is 27.2 Å². The molecule has 7 heteroatoms. The molecule has 1 aromatic carbocycles. The Kier molecular flexibility index (Phi) is 3.44. The number of benzene rings is 1. The highest BCUT2D eigenvalue weighted by Crippen LogP contribution is 2.30. The van der Waals surface area contributed by atoms with Crippen molar-refractivity contribution in [1.29, 1.82) is 5.26 Å². The molecule has 3 heterocycles. The number of fused-ring (bicyclic) bond motifs is 2. The highest BCUT2D eigenvalue weighted by Gasteiger charge is 2.20. The van der Waals surface area contributed by atoms with Crippen molar-refractivity contribution in [2.45, 2.75) is 26.7 Å². The van der Waals surface area contributed by atoms with Gasteiger partial charge in [0.25, 0.3) is 5.56 Å². The van der Waals surface area contributed by atoms with Crippen LogP contribution < -0.4 is 5.56 Å². The van der Waals surface area contributed by atoms with Gasteiger partial charge in [-0.15, -0.1) is 11.3 Å². The molecule has 0 radical (unpaired) electrons. The quantitative estimate of drug-likeness (QED) is 0.599. The fraction of sp³-hybridized carbons (Fsp3) is 0.222. The zero-order chi connectivity index (χ0) is 17.7. The van der Waals surface area contributed by atoms with Gasteiger partial charge in [-0.1, -0.05) is 19.9 Å². The lowest BCUT2D eigenvalue weighted by molar-refractivity contribution is 0.797. The molecule has 0 fully saturated rings. The third-order valence-corrected chi connectivity index (χ3v) is 5.11. The molecule has 4 rings (SSSR count). The maximum absolute atomic E-state index is 12.9. The molecule has 0 atom stereocenters. The molecule has 0 bridgehead atoms. The van der Waals surface area contributed by atoms with Gasteiger partial charge in [0.05, 0.1) is 20.9 Å². The Bertz CT molecular complexity index is 1220. The van der Waals surface area contributed by atoms with Crippen molar-refractivity contribution in [3.8, 4) is 17.3 Å². The van der Waals surface area contributed by atoms with E-state index in [4.69, 9.17) is 0 Å². The summed E-state index contributed by atoms with van der Waals surface area (Å²) >= 11 is 1.63. The number of hydrogen-bond donors (Lipinski definition) is 1. The molecule has 0 saturated heterocycles. The van der Waals surface area contributed by atoms with E-state index in [-0.39, 0.29) is 11.5 Å². The largest absolute Gasteiger partial charge is 0.295 e. The van der Waals surface area contributed by atoms with E-state index < -0.39 is 0 Å². The number of H-pyrrole nitrogens is 1. The van der Waals surface area contributed by atoms with Crippen molar-refractivity contribution in [2.24, 2.45) is 0 Å². The van der Waals surface area contributed by atoms with Gasteiger partial charge in [0.1, 0.15) is 11.6 Å². The van der Waals surface area contributed by atoms with Gasteiger partial charge in [-0.05, 0) is 25.0 Å². The monoisotopic (exact) mass is 349 g/mol. The standard InChI is InChI=1S/C18H15N5OS/c1-9(2)15-16(11-4-5-14-13(6-11)21-10(3)25-14)22-17-12(7-19)8-20-23(17)18(15)24/h4-6,8-9,20H,1-3H3. The van der Waals surface area contributed by atoms with Crippen LogP contribution in [0.1, 0.15) is 35.9 Å². The number of thiazole rings is 1. The second kappa shape index (κ2) is 5.53. The summed E-state index contributed by atoms with van der Waals surface area (Å²) in [4.78, 5) is 22.1. The summed E-state index contributed by atoms with van der Waals surface area (Å²) in [6.07, 6.45) is 1.50. The fourth-order valence-corrected chi connectivity index (χ4v) is 3.85. The van der Waals surface area contributed by atoms with E-state index in [1.54, 1.807) is 11.3 Å². The lowest BCUT2D eigenvalue weighted by atomic mass is 9.98. The van der Waals surface area contributed by atoms with E-state index in [2.05, 4.69) is 21.1 Å². The molecule has 25 heavy (non-hydrogen) atoms. The fourth-order valence-electron chi connectivity index (χ4n) is 3.04. The molecule has 1 N–H and O–H groups in total. The topological polar surface area (TPSA) is 86.8 Å². The van der Waals surface area contributed by atoms with Crippen LogP contribution in [0.2, 0.25) is 0 Å². The van der Waals surface area contributed by atoms with E-state index in [9.17, 15) is 10.1 Å². The molecule has 4 aromatic rings. The first-order valence-electron chi connectivity index (χ1n) is 7.91. The molecule has 0 spiro atoms. The Morgan fingerprint density at radius 3 is 2.84 bits per heavy atom. The smallest absolute Gasteiger partial charge is 0.276 e. The van der Waals surface area contributed by atoms with Gasteiger partial charge in [-0.3, -0.25) is 9.89 Å². The van der Waals surface area contributed by atoms with E-state index >= 15 is 0 Å². The summed E-state index contributed by atoms with van der Waals surface area (Å²) in [5, 5.41) is 13.1. The molecule has 0 amide bonds. The number of nitrogens with one attached hydrogen (secondary N) is 1. The third kappa shape index (κ3) is 2.34. The summed E-state index contributed by atoms with van der Waals surface area (Å²) < 4.78 is 2.44. The van der Waals surface area contributed by atoms with Crippen LogP contribution in [-0.2, 0) is 0 Å². The summed E-state index contributed by atoms with van der Waals surface area (Å²) in [6, 6.07) is 8.00. The normalized spacial score (nSPS) is 11.5. The van der Waals surface area contributed by atoms with Gasteiger partial charge in [-0.2, -0.15) is 5.26 Å². The van der Waals surface area contributed by atoms with Gasteiger partial charge < -0.3 is 0 Å². The minimum Gasteiger partial charge on any atom is -0.295 e. The lowest BCUT2D eigenvalue weighted by Crippen LogP contribution is -2.22. The molecular formula is C18H15N5OS. The molecule has 6 nitrogen and oxygen atoms in total. The number of hydrogen-bond acceptors (Lipinski definition) is 5. The first-order chi connectivity index (χ1) is 12.0. The van der Waals surface area contributed by atoms with Crippen LogP contribution in [0.5, 0.6) is 0 Å². The van der Waals surface area contributed by atoms with E-state index in [0.29, 0.717) is 22.5 Å². The molecule has 0 aliphatic rings. The molecule has 0 unspecified atom stereocenters. The van der Waals surface area contributed by atoms with Crippen molar-refractivity contribution in [1.82, 2.24) is 19.6 Å². The van der Waals surface area contributed by atoms with Crippen LogP contribution >= 0.6 is 11.3 Å². The Balaban J connectivity index is 2.08. The zero-order valence-electron chi connectivity index (χ0n) is 14.0. The van der Waals surface area contributed by atoms with Crippen molar-refractivity contribution in [3.05, 3.63) is 50.9 Å². The number of rotatable bonds is 2. The molecule has 3 aromatic heterocycles. The first kappa shape index (κ1) is 15.5. The molecular weight excluding hydrogens is 334 g/mol. The lowest BCUT2D eigenvalue weighted by Gasteiger charge is -2.12. The maximum Gasteiger partial charge on any atom is 0.276 e. The van der Waals surface area contributed by atoms with E-state index in [1.807, 2.05) is 39.0 Å². The third-order valence-electron chi connectivity index (χ3n) is 4.16. The highest BCUT2D eigenvalue weighted by molar-refractivity contribution is 7.18. The van der Waals surface area contributed by atoms with Gasteiger partial charge in [0.15, 0.2) is 5.65 Å². The molecule has 124 valence electrons. The van der Waals surface area contributed by atoms with Crippen molar-refractivity contribution in [3.63, 3.8) is 0 Å². The number of nitriles is 1. The Morgan fingerprint density at radius 2 is 2.12 bits per heavy atom. The first-order valence-corrected chi connectivity index (χ1v) is 8.73. The van der Waals surface area contributed by atoms with Gasteiger partial charge in [-0.25, -0.2) is 14.5 Å². The van der Waals surface area contributed by atoms with Crippen LogP contribution in [0.3, 0.4) is 0 Å². The van der Waals surface area contributed by atoms with E-state index in [0.717, 1.165) is 20.8 Å². The number of aromatic amines is 1. The maximum atomic E-state index is 12.9. The molecule has 0 saturated carbocycles. The Labute approximate surface area is 147 Å². The molecule has 0 aliphatic heterocycles. The van der Waals surface area contributed by atoms with Crippen LogP contribution in [-0.4, -0.2) is 19.6 Å². The average molecular weight is 349 g/mol. The summed E-state index contributed by atoms with van der Waals surface area (Å²) in [5.41, 5.74) is 3.49. The Morgan fingerprint density at radius 1 is 1.32 bits per heavy atom. The second-order valence-electron chi connectivity index (χ2n) is 6.21. The van der Waals surface area contributed by atoms with Crippen LogP contribution in [0, 0.1) is 18.3 Å². The predicted octanol–water partition coefficient (Wildman–Crippen LogP) is 3.60. The van der Waals surface area contributed by atoms with Crippen molar-refractivity contribution < 1.29 is 0 Å². The summed E-state index contributed by atoms with van der Waals surface area (Å²) in [6.45, 7) is 5.90. The van der Waals surface area contributed by atoms with Gasteiger partial charge >= 0.3 is 0 Å². The van der Waals surface area contributed by atoms with Gasteiger partial charge in [0, 0.05) is 17.3 Å². The van der Waals surface area contributed by atoms with Crippen LogP contribution in [0.15, 0.2) is 29.2 Å². The highest BCUT2D eigenvalue weighted by atomic mass is 32.1. The summed E-state index contributed by atoms with van der Waals surface area (Å²) in [7, 11) is 0. The second-order valence-corrected chi connectivity index (χ2v) is 7.44. The number of nitrogens with zero attached hydrogens (tertiary/aromatic N) is 4. The number of aryl methyl sites for hydroxylation is 1.